The van der Waals surface area contributed by atoms with E-state index in [9.17, 15) is 14.7 Å². The minimum absolute atomic E-state index is 0.0280. The molecule has 122 valence electrons. The van der Waals surface area contributed by atoms with Crippen LogP contribution in [0.5, 0.6) is 0 Å². The highest BCUT2D eigenvalue weighted by molar-refractivity contribution is 5.84. The Hall–Kier alpha value is -1.83. The molecule has 1 amide bonds. The monoisotopic (exact) mass is 301 g/mol. The highest BCUT2D eigenvalue weighted by Crippen LogP contribution is 2.11. The molecule has 0 fully saturated rings. The lowest BCUT2D eigenvalue weighted by atomic mass is 10.1. The highest BCUT2D eigenvalue weighted by Gasteiger charge is 2.27. The van der Waals surface area contributed by atoms with Crippen LogP contribution in [-0.2, 0) is 9.59 Å². The van der Waals surface area contributed by atoms with E-state index in [0.717, 1.165) is 19.3 Å². The first kappa shape index (κ1) is 19.2. The van der Waals surface area contributed by atoms with Crippen LogP contribution in [0, 0.1) is 0 Å². The second-order valence-corrected chi connectivity index (χ2v) is 4.80. The van der Waals surface area contributed by atoms with Gasteiger partial charge in [0.25, 0.3) is 0 Å². The van der Waals surface area contributed by atoms with Crippen LogP contribution >= 0.6 is 0 Å². The Balaban J connectivity index is 4.68. The van der Waals surface area contributed by atoms with Gasteiger partial charge in [-0.25, -0.2) is 4.79 Å². The van der Waals surface area contributed by atoms with E-state index in [1.807, 2.05) is 6.92 Å². The second kappa shape index (κ2) is 10.9. The molecule has 8 nitrogen and oxygen atoms in total. The number of carbonyl (C=O) groups is 2. The molecule has 0 saturated carbocycles. The summed E-state index contributed by atoms with van der Waals surface area (Å²) >= 11 is 0. The van der Waals surface area contributed by atoms with Gasteiger partial charge in [-0.1, -0.05) is 19.8 Å². The minimum atomic E-state index is -1.03. The van der Waals surface area contributed by atoms with Gasteiger partial charge < -0.3 is 27.2 Å². The minimum Gasteiger partial charge on any atom is -0.480 e. The lowest BCUT2D eigenvalue weighted by molar-refractivity contribution is -0.150. The van der Waals surface area contributed by atoms with Crippen molar-refractivity contribution in [1.82, 2.24) is 4.90 Å². The molecule has 0 aromatic rings. The van der Waals surface area contributed by atoms with E-state index in [1.165, 1.54) is 4.90 Å². The number of hydrogen-bond acceptors (Lipinski definition) is 4. The van der Waals surface area contributed by atoms with Crippen molar-refractivity contribution in [3.63, 3.8) is 0 Å². The molecule has 0 aliphatic rings. The van der Waals surface area contributed by atoms with Crippen molar-refractivity contribution in [3.8, 4) is 0 Å². The van der Waals surface area contributed by atoms with Gasteiger partial charge in [0.1, 0.15) is 6.04 Å². The molecule has 0 aliphatic heterocycles. The van der Waals surface area contributed by atoms with Crippen molar-refractivity contribution < 1.29 is 14.7 Å². The molecule has 0 rings (SSSR count). The Morgan fingerprint density at radius 2 is 1.90 bits per heavy atom. The molecular weight excluding hydrogens is 274 g/mol. The number of aliphatic carboxylic acids is 1. The zero-order chi connectivity index (χ0) is 16.3. The number of aliphatic imine (C=N–C) groups is 1. The van der Waals surface area contributed by atoms with Gasteiger partial charge in [-0.2, -0.15) is 0 Å². The van der Waals surface area contributed by atoms with E-state index < -0.39 is 12.0 Å². The van der Waals surface area contributed by atoms with Crippen LogP contribution in [-0.4, -0.2) is 53.5 Å². The quantitative estimate of drug-likeness (QED) is 0.229. The van der Waals surface area contributed by atoms with Crippen LogP contribution in [0.25, 0.3) is 0 Å². The molecular formula is C13H27N5O3. The van der Waals surface area contributed by atoms with Crippen molar-refractivity contribution in [2.45, 2.75) is 45.1 Å². The first-order chi connectivity index (χ1) is 9.93. The summed E-state index contributed by atoms with van der Waals surface area (Å²) in [4.78, 5) is 28.4. The van der Waals surface area contributed by atoms with Crippen LogP contribution in [0.4, 0.5) is 0 Å². The molecule has 7 N–H and O–H groups in total. The number of nitrogens with two attached hydrogens (primary N) is 3. The molecule has 0 radical (unpaired) electrons. The Labute approximate surface area is 125 Å². The van der Waals surface area contributed by atoms with Gasteiger partial charge in [0, 0.05) is 13.1 Å². The maximum absolute atomic E-state index is 11.9. The smallest absolute Gasteiger partial charge is 0.326 e. The lowest BCUT2D eigenvalue weighted by Gasteiger charge is -2.28. The van der Waals surface area contributed by atoms with Crippen LogP contribution in [0.3, 0.4) is 0 Å². The summed E-state index contributed by atoms with van der Waals surface area (Å²) in [6.45, 7) is 2.59. The van der Waals surface area contributed by atoms with Crippen LogP contribution in [0.2, 0.25) is 0 Å². The van der Waals surface area contributed by atoms with Crippen molar-refractivity contribution in [1.29, 1.82) is 0 Å². The number of rotatable bonds is 11. The third-order valence-corrected chi connectivity index (χ3v) is 3.09. The maximum atomic E-state index is 11.9. The van der Waals surface area contributed by atoms with E-state index in [2.05, 4.69) is 4.99 Å². The summed E-state index contributed by atoms with van der Waals surface area (Å²) < 4.78 is 0. The van der Waals surface area contributed by atoms with E-state index in [4.69, 9.17) is 17.2 Å². The molecule has 0 saturated heterocycles. The second-order valence-electron chi connectivity index (χ2n) is 4.80. The van der Waals surface area contributed by atoms with E-state index in [0.29, 0.717) is 25.9 Å². The van der Waals surface area contributed by atoms with Gasteiger partial charge >= 0.3 is 5.97 Å². The molecule has 21 heavy (non-hydrogen) atoms. The molecule has 0 spiro atoms. The Morgan fingerprint density at radius 1 is 1.24 bits per heavy atom. The highest BCUT2D eigenvalue weighted by atomic mass is 16.4. The van der Waals surface area contributed by atoms with Crippen LogP contribution in [0.1, 0.15) is 39.0 Å². The number of guanidine groups is 1. The fraction of sp³-hybridized carbons (Fsp3) is 0.769. The summed E-state index contributed by atoms with van der Waals surface area (Å²) in [5.41, 5.74) is 15.8. The first-order valence-electron chi connectivity index (χ1n) is 7.21. The summed E-state index contributed by atoms with van der Waals surface area (Å²) in [7, 11) is 0. The van der Waals surface area contributed by atoms with Crippen molar-refractivity contribution >= 4 is 17.8 Å². The molecule has 0 aromatic carbocycles. The average Bonchev–Trinajstić information content (AvgIpc) is 2.43. The average molecular weight is 301 g/mol. The number of amides is 1. The fourth-order valence-corrected chi connectivity index (χ4v) is 2.01. The number of carboxylic acid groups (broad SMARTS) is 1. The standard InChI is InChI=1S/C13H27N5O3/c1-2-3-4-8-18(11(19)9-14)10(12(20)21)6-5-7-17-13(15)16/h10H,2-9,14H2,1H3,(H,20,21)(H4,15,16,17). The van der Waals surface area contributed by atoms with Gasteiger partial charge in [-0.3, -0.25) is 9.79 Å². The van der Waals surface area contributed by atoms with Gasteiger partial charge in [0.05, 0.1) is 6.54 Å². The van der Waals surface area contributed by atoms with Gasteiger partial charge in [0.2, 0.25) is 5.91 Å². The van der Waals surface area contributed by atoms with Crippen LogP contribution in [0.15, 0.2) is 4.99 Å². The van der Waals surface area contributed by atoms with Gasteiger partial charge in [-0.05, 0) is 19.3 Å². The number of hydrogen-bond donors (Lipinski definition) is 4. The lowest BCUT2D eigenvalue weighted by Crippen LogP contribution is -2.48. The Morgan fingerprint density at radius 3 is 2.38 bits per heavy atom. The van der Waals surface area contributed by atoms with Crippen LogP contribution < -0.4 is 17.2 Å². The van der Waals surface area contributed by atoms with Crippen molar-refractivity contribution in [2.75, 3.05) is 19.6 Å². The predicted molar refractivity (Wildman–Crippen MR) is 81.6 cm³/mol. The summed E-state index contributed by atoms with van der Waals surface area (Å²) in [5.74, 6) is -1.40. The third kappa shape index (κ3) is 8.13. The normalized spacial score (nSPS) is 11.7. The van der Waals surface area contributed by atoms with Crippen molar-refractivity contribution in [2.24, 2.45) is 22.2 Å². The molecule has 0 aliphatic carbocycles. The van der Waals surface area contributed by atoms with Crippen molar-refractivity contribution in [3.05, 3.63) is 0 Å². The molecule has 1 atom stereocenters. The largest absolute Gasteiger partial charge is 0.480 e. The van der Waals surface area contributed by atoms with E-state index in [-0.39, 0.29) is 18.4 Å². The number of unbranched alkanes of at least 4 members (excludes halogenated alkanes) is 2. The molecule has 8 heteroatoms. The Kier molecular flexibility index (Phi) is 9.95. The first-order valence-corrected chi connectivity index (χ1v) is 7.21. The van der Waals surface area contributed by atoms with E-state index in [1.54, 1.807) is 0 Å². The number of carboxylic acids is 1. The molecule has 0 aromatic heterocycles. The van der Waals surface area contributed by atoms with E-state index >= 15 is 0 Å². The molecule has 1 unspecified atom stereocenters. The Bertz CT molecular complexity index is 356. The number of carbonyl (C=O) groups excluding carboxylic acids is 1. The predicted octanol–water partition coefficient (Wildman–Crippen LogP) is -0.529. The van der Waals surface area contributed by atoms with Gasteiger partial charge in [-0.15, -0.1) is 0 Å². The SMILES string of the molecule is CCCCCN(C(=O)CN)C(CCCN=C(N)N)C(=O)O. The number of nitrogens with zero attached hydrogens (tertiary/aromatic N) is 2. The summed E-state index contributed by atoms with van der Waals surface area (Å²) in [5, 5.41) is 9.33. The zero-order valence-corrected chi connectivity index (χ0v) is 12.6. The summed E-state index contributed by atoms with van der Waals surface area (Å²) in [6, 6.07) is -0.882. The summed E-state index contributed by atoms with van der Waals surface area (Å²) in [6.07, 6.45) is 3.47. The van der Waals surface area contributed by atoms with Gasteiger partial charge in [0.15, 0.2) is 5.96 Å². The third-order valence-electron chi connectivity index (χ3n) is 3.09. The topological polar surface area (TPSA) is 148 Å². The maximum Gasteiger partial charge on any atom is 0.326 e. The zero-order valence-electron chi connectivity index (χ0n) is 12.6. The fourth-order valence-electron chi connectivity index (χ4n) is 2.01. The molecule has 0 bridgehead atoms. The molecule has 0 heterocycles.